The number of para-hydroxylation sites is 1. The molecule has 0 N–H and O–H groups in total. The van der Waals surface area contributed by atoms with Gasteiger partial charge in [-0.3, -0.25) is 4.98 Å². The molecule has 0 amide bonds. The van der Waals surface area contributed by atoms with Crippen LogP contribution in [0.25, 0.3) is 32.7 Å². The van der Waals surface area contributed by atoms with Crippen molar-refractivity contribution in [1.29, 1.82) is 0 Å². The number of unbranched alkanes of at least 4 members (excludes halogenated alkanes) is 1. The van der Waals surface area contributed by atoms with Gasteiger partial charge in [-0.15, -0.1) is 0 Å². The standard InChI is InChI=1S/C20H18N2/c1-2-3-6-14-11-12-21-19-10-9-18-16(20(14)19)13-15-7-4-5-8-17(15)22-18/h4-5,7-13H,2-3,6H2,1H3. The van der Waals surface area contributed by atoms with Crippen LogP contribution in [0.2, 0.25) is 0 Å². The van der Waals surface area contributed by atoms with E-state index >= 15 is 0 Å². The first-order valence-electron chi connectivity index (χ1n) is 7.93. The summed E-state index contributed by atoms with van der Waals surface area (Å²) in [5.41, 5.74) is 4.55. The molecule has 2 aromatic carbocycles. The van der Waals surface area contributed by atoms with Crippen LogP contribution in [0.3, 0.4) is 0 Å². The number of nitrogens with zero attached hydrogens (tertiary/aromatic N) is 2. The number of aromatic nitrogens is 2. The van der Waals surface area contributed by atoms with Gasteiger partial charge in [-0.2, -0.15) is 0 Å². The minimum atomic E-state index is 1.05. The minimum Gasteiger partial charge on any atom is -0.256 e. The SMILES string of the molecule is CCCCc1ccnc2ccc3nc4ccccc4cc3c12. The van der Waals surface area contributed by atoms with E-state index in [2.05, 4.69) is 54.4 Å². The fourth-order valence-electron chi connectivity index (χ4n) is 3.15. The molecule has 4 rings (SSSR count). The van der Waals surface area contributed by atoms with Crippen LogP contribution in [0.4, 0.5) is 0 Å². The Morgan fingerprint density at radius 3 is 2.68 bits per heavy atom. The first kappa shape index (κ1) is 13.2. The lowest BCUT2D eigenvalue weighted by Gasteiger charge is -2.09. The van der Waals surface area contributed by atoms with Gasteiger partial charge in [0.15, 0.2) is 0 Å². The molecule has 0 fully saturated rings. The number of hydrogen-bond acceptors (Lipinski definition) is 2. The average molecular weight is 286 g/mol. The molecule has 108 valence electrons. The van der Waals surface area contributed by atoms with Crippen molar-refractivity contribution < 1.29 is 0 Å². The largest absolute Gasteiger partial charge is 0.256 e. The summed E-state index contributed by atoms with van der Waals surface area (Å²) in [4.78, 5) is 9.37. The average Bonchev–Trinajstić information content (AvgIpc) is 2.57. The molecule has 0 bridgehead atoms. The summed E-state index contributed by atoms with van der Waals surface area (Å²) in [7, 11) is 0. The van der Waals surface area contributed by atoms with Gasteiger partial charge in [0.2, 0.25) is 0 Å². The van der Waals surface area contributed by atoms with Crippen LogP contribution in [0.1, 0.15) is 25.3 Å². The third-order valence-electron chi connectivity index (χ3n) is 4.29. The molecular formula is C20H18N2. The molecule has 4 aromatic rings. The van der Waals surface area contributed by atoms with Crippen molar-refractivity contribution in [3.05, 3.63) is 60.3 Å². The van der Waals surface area contributed by atoms with Crippen LogP contribution >= 0.6 is 0 Å². The Labute approximate surface area is 129 Å². The summed E-state index contributed by atoms with van der Waals surface area (Å²) in [6.45, 7) is 2.23. The summed E-state index contributed by atoms with van der Waals surface area (Å²) in [6.07, 6.45) is 5.43. The fraction of sp³-hybridized carbons (Fsp3) is 0.200. The summed E-state index contributed by atoms with van der Waals surface area (Å²) in [6, 6.07) is 16.9. The molecule has 2 aromatic heterocycles. The molecule has 2 heterocycles. The third-order valence-corrected chi connectivity index (χ3v) is 4.29. The van der Waals surface area contributed by atoms with E-state index in [1.807, 2.05) is 12.3 Å². The zero-order valence-electron chi connectivity index (χ0n) is 12.7. The molecule has 2 nitrogen and oxygen atoms in total. The van der Waals surface area contributed by atoms with Crippen molar-refractivity contribution in [1.82, 2.24) is 9.97 Å². The summed E-state index contributed by atoms with van der Waals surface area (Å²) < 4.78 is 0. The molecule has 0 unspecified atom stereocenters. The number of benzene rings is 2. The van der Waals surface area contributed by atoms with Crippen molar-refractivity contribution >= 4 is 32.7 Å². The molecule has 0 aliphatic carbocycles. The van der Waals surface area contributed by atoms with E-state index < -0.39 is 0 Å². The van der Waals surface area contributed by atoms with Gasteiger partial charge in [0.05, 0.1) is 16.6 Å². The maximum absolute atomic E-state index is 4.82. The normalized spacial score (nSPS) is 11.5. The van der Waals surface area contributed by atoms with Gasteiger partial charge in [-0.25, -0.2) is 4.98 Å². The van der Waals surface area contributed by atoms with Crippen LogP contribution in [-0.4, -0.2) is 9.97 Å². The Morgan fingerprint density at radius 1 is 0.909 bits per heavy atom. The number of fused-ring (bicyclic) bond motifs is 4. The van der Waals surface area contributed by atoms with Gasteiger partial charge in [-0.05, 0) is 48.7 Å². The van der Waals surface area contributed by atoms with Crippen LogP contribution in [0, 0.1) is 0 Å². The third kappa shape index (κ3) is 2.12. The van der Waals surface area contributed by atoms with Crippen LogP contribution in [0.15, 0.2) is 54.7 Å². The second-order valence-corrected chi connectivity index (χ2v) is 5.78. The Balaban J connectivity index is 2.09. The quantitative estimate of drug-likeness (QED) is 0.378. The smallest absolute Gasteiger partial charge is 0.0717 e. The van der Waals surface area contributed by atoms with E-state index in [-0.39, 0.29) is 0 Å². The zero-order valence-corrected chi connectivity index (χ0v) is 12.7. The molecule has 22 heavy (non-hydrogen) atoms. The van der Waals surface area contributed by atoms with E-state index in [0.29, 0.717) is 0 Å². The zero-order chi connectivity index (χ0) is 14.9. The van der Waals surface area contributed by atoms with Crippen LogP contribution in [0.5, 0.6) is 0 Å². The van der Waals surface area contributed by atoms with Crippen molar-refractivity contribution in [2.75, 3.05) is 0 Å². The number of rotatable bonds is 3. The highest BCUT2D eigenvalue weighted by molar-refractivity contribution is 6.09. The Morgan fingerprint density at radius 2 is 1.77 bits per heavy atom. The lowest BCUT2D eigenvalue weighted by Crippen LogP contribution is -1.92. The van der Waals surface area contributed by atoms with Crippen molar-refractivity contribution in [3.63, 3.8) is 0 Å². The molecule has 0 aliphatic heterocycles. The monoisotopic (exact) mass is 286 g/mol. The topological polar surface area (TPSA) is 25.8 Å². The van der Waals surface area contributed by atoms with Crippen molar-refractivity contribution in [3.8, 4) is 0 Å². The van der Waals surface area contributed by atoms with Gasteiger partial charge >= 0.3 is 0 Å². The summed E-state index contributed by atoms with van der Waals surface area (Å²) in [5, 5.41) is 3.68. The van der Waals surface area contributed by atoms with E-state index in [4.69, 9.17) is 4.98 Å². The maximum atomic E-state index is 4.82. The molecule has 0 saturated carbocycles. The lowest BCUT2D eigenvalue weighted by atomic mass is 9.99. The Kier molecular flexibility index (Phi) is 3.23. The Hall–Kier alpha value is -2.48. The highest BCUT2D eigenvalue weighted by atomic mass is 14.7. The van der Waals surface area contributed by atoms with Crippen molar-refractivity contribution in [2.45, 2.75) is 26.2 Å². The molecule has 0 atom stereocenters. The van der Waals surface area contributed by atoms with E-state index in [9.17, 15) is 0 Å². The fourth-order valence-corrected chi connectivity index (χ4v) is 3.15. The maximum Gasteiger partial charge on any atom is 0.0717 e. The minimum absolute atomic E-state index is 1.05. The predicted octanol–water partition coefficient (Wildman–Crippen LogP) is 5.28. The van der Waals surface area contributed by atoms with Gasteiger partial charge in [0.1, 0.15) is 0 Å². The Bertz CT molecular complexity index is 973. The number of aryl methyl sites for hydroxylation is 1. The second kappa shape index (κ2) is 5.38. The molecule has 0 aliphatic rings. The van der Waals surface area contributed by atoms with Crippen LogP contribution in [-0.2, 0) is 6.42 Å². The van der Waals surface area contributed by atoms with Crippen molar-refractivity contribution in [2.24, 2.45) is 0 Å². The first-order valence-corrected chi connectivity index (χ1v) is 7.93. The first-order chi connectivity index (χ1) is 10.9. The molecular weight excluding hydrogens is 268 g/mol. The second-order valence-electron chi connectivity index (χ2n) is 5.78. The van der Waals surface area contributed by atoms with E-state index in [1.54, 1.807) is 0 Å². The van der Waals surface area contributed by atoms with E-state index in [0.717, 1.165) is 23.0 Å². The van der Waals surface area contributed by atoms with Crippen LogP contribution < -0.4 is 0 Å². The summed E-state index contributed by atoms with van der Waals surface area (Å²) >= 11 is 0. The molecule has 0 radical (unpaired) electrons. The van der Waals surface area contributed by atoms with Gasteiger partial charge in [0.25, 0.3) is 0 Å². The number of pyridine rings is 2. The van der Waals surface area contributed by atoms with Gasteiger partial charge in [0, 0.05) is 22.4 Å². The number of hydrogen-bond donors (Lipinski definition) is 0. The summed E-state index contributed by atoms with van der Waals surface area (Å²) in [5.74, 6) is 0. The predicted molar refractivity (Wildman–Crippen MR) is 93.2 cm³/mol. The highest BCUT2D eigenvalue weighted by Gasteiger charge is 2.08. The molecule has 0 saturated heterocycles. The highest BCUT2D eigenvalue weighted by Crippen LogP contribution is 2.29. The van der Waals surface area contributed by atoms with E-state index in [1.165, 1.54) is 34.6 Å². The van der Waals surface area contributed by atoms with Gasteiger partial charge in [-0.1, -0.05) is 31.5 Å². The molecule has 0 spiro atoms. The lowest BCUT2D eigenvalue weighted by molar-refractivity contribution is 0.798. The molecule has 2 heteroatoms. The van der Waals surface area contributed by atoms with Gasteiger partial charge < -0.3 is 0 Å².